The summed E-state index contributed by atoms with van der Waals surface area (Å²) in [6.45, 7) is 5.53. The normalized spacial score (nSPS) is 20.6. The van der Waals surface area contributed by atoms with Crippen LogP contribution >= 0.6 is 0 Å². The van der Waals surface area contributed by atoms with Gasteiger partial charge in [0, 0.05) is 19.2 Å². The second kappa shape index (κ2) is 7.99. The molecule has 6 nitrogen and oxygen atoms in total. The predicted octanol–water partition coefficient (Wildman–Crippen LogP) is 1.31. The summed E-state index contributed by atoms with van der Waals surface area (Å²) in [4.78, 5) is 24.2. The van der Waals surface area contributed by atoms with E-state index in [2.05, 4.69) is 5.32 Å². The van der Waals surface area contributed by atoms with Crippen molar-refractivity contribution in [3.05, 3.63) is 0 Å². The minimum atomic E-state index is -0.989. The van der Waals surface area contributed by atoms with Gasteiger partial charge < -0.3 is 20.1 Å². The molecule has 0 aromatic rings. The highest BCUT2D eigenvalue weighted by atomic mass is 16.5. The first-order chi connectivity index (χ1) is 9.04. The second-order valence-corrected chi connectivity index (χ2v) is 5.05. The molecule has 0 radical (unpaired) electrons. The SMILES string of the molecule is CCC(C)N(CC(=O)O)C(=O)NCC1CCCOC1. The van der Waals surface area contributed by atoms with Gasteiger partial charge in [0.2, 0.25) is 0 Å². The molecule has 0 bridgehead atoms. The lowest BCUT2D eigenvalue weighted by atomic mass is 10.0. The summed E-state index contributed by atoms with van der Waals surface area (Å²) in [6.07, 6.45) is 2.79. The standard InChI is InChI=1S/C13H24N2O4/c1-3-10(2)15(8-12(16)17)13(18)14-7-11-5-4-6-19-9-11/h10-11H,3-9H2,1-2H3,(H,14,18)(H,16,17). The van der Waals surface area contributed by atoms with E-state index < -0.39 is 5.97 Å². The molecule has 1 heterocycles. The van der Waals surface area contributed by atoms with Crippen LogP contribution < -0.4 is 5.32 Å². The molecule has 19 heavy (non-hydrogen) atoms. The van der Waals surface area contributed by atoms with Gasteiger partial charge in [-0.05, 0) is 32.1 Å². The minimum Gasteiger partial charge on any atom is -0.480 e. The number of nitrogens with zero attached hydrogens (tertiary/aromatic N) is 1. The number of nitrogens with one attached hydrogen (secondary N) is 1. The summed E-state index contributed by atoms with van der Waals surface area (Å²) in [6, 6.07) is -0.388. The van der Waals surface area contributed by atoms with Crippen molar-refractivity contribution in [3.63, 3.8) is 0 Å². The van der Waals surface area contributed by atoms with E-state index >= 15 is 0 Å². The molecule has 2 amide bonds. The topological polar surface area (TPSA) is 78.9 Å². The molecule has 0 spiro atoms. The first-order valence-corrected chi connectivity index (χ1v) is 6.88. The van der Waals surface area contributed by atoms with Gasteiger partial charge in [0.05, 0.1) is 6.61 Å². The Balaban J connectivity index is 2.43. The zero-order chi connectivity index (χ0) is 14.3. The maximum atomic E-state index is 12.0. The zero-order valence-electron chi connectivity index (χ0n) is 11.7. The fourth-order valence-electron chi connectivity index (χ4n) is 2.10. The fourth-order valence-corrected chi connectivity index (χ4v) is 2.10. The third-order valence-corrected chi connectivity index (χ3v) is 3.49. The third kappa shape index (κ3) is 5.46. The summed E-state index contributed by atoms with van der Waals surface area (Å²) < 4.78 is 5.35. The molecule has 0 aromatic carbocycles. The van der Waals surface area contributed by atoms with E-state index in [-0.39, 0.29) is 18.6 Å². The van der Waals surface area contributed by atoms with Gasteiger partial charge in [-0.15, -0.1) is 0 Å². The van der Waals surface area contributed by atoms with Crippen LogP contribution in [0.2, 0.25) is 0 Å². The number of carboxylic acids is 1. The van der Waals surface area contributed by atoms with Gasteiger partial charge in [0.1, 0.15) is 6.54 Å². The van der Waals surface area contributed by atoms with Gasteiger partial charge >= 0.3 is 12.0 Å². The van der Waals surface area contributed by atoms with Crippen molar-refractivity contribution in [2.24, 2.45) is 5.92 Å². The Morgan fingerprint density at radius 2 is 2.26 bits per heavy atom. The van der Waals surface area contributed by atoms with Crippen LogP contribution in [0.5, 0.6) is 0 Å². The van der Waals surface area contributed by atoms with E-state index in [0.29, 0.717) is 19.1 Å². The lowest BCUT2D eigenvalue weighted by Crippen LogP contribution is -2.48. The number of hydrogen-bond acceptors (Lipinski definition) is 3. The van der Waals surface area contributed by atoms with Gasteiger partial charge in [-0.2, -0.15) is 0 Å². The lowest BCUT2D eigenvalue weighted by Gasteiger charge is -2.29. The number of carbonyl (C=O) groups excluding carboxylic acids is 1. The molecule has 1 aliphatic heterocycles. The summed E-state index contributed by atoms with van der Waals surface area (Å²) in [5.74, 6) is -0.655. The Labute approximate surface area is 114 Å². The van der Waals surface area contributed by atoms with Crippen molar-refractivity contribution in [3.8, 4) is 0 Å². The molecule has 6 heteroatoms. The lowest BCUT2D eigenvalue weighted by molar-refractivity contribution is -0.138. The highest BCUT2D eigenvalue weighted by Crippen LogP contribution is 2.12. The van der Waals surface area contributed by atoms with Crippen LogP contribution in [0.3, 0.4) is 0 Å². The molecule has 2 atom stereocenters. The number of hydrogen-bond donors (Lipinski definition) is 2. The molecule has 0 aromatic heterocycles. The molecule has 1 aliphatic rings. The second-order valence-electron chi connectivity index (χ2n) is 5.05. The van der Waals surface area contributed by atoms with Crippen LogP contribution in [-0.4, -0.2) is 54.4 Å². The van der Waals surface area contributed by atoms with Crippen LogP contribution in [0.25, 0.3) is 0 Å². The van der Waals surface area contributed by atoms with E-state index in [1.54, 1.807) is 0 Å². The third-order valence-electron chi connectivity index (χ3n) is 3.49. The Kier molecular flexibility index (Phi) is 6.62. The molecule has 2 N–H and O–H groups in total. The first-order valence-electron chi connectivity index (χ1n) is 6.88. The number of urea groups is 1. The quantitative estimate of drug-likeness (QED) is 0.764. The van der Waals surface area contributed by atoms with E-state index in [0.717, 1.165) is 25.9 Å². The van der Waals surface area contributed by atoms with E-state index in [1.165, 1.54) is 4.90 Å². The van der Waals surface area contributed by atoms with Crippen LogP contribution in [0.15, 0.2) is 0 Å². The Hall–Kier alpha value is -1.30. The average molecular weight is 272 g/mol. The van der Waals surface area contributed by atoms with Crippen molar-refractivity contribution in [2.45, 2.75) is 39.2 Å². The molecule has 1 fully saturated rings. The summed E-state index contributed by atoms with van der Waals surface area (Å²) in [7, 11) is 0. The van der Waals surface area contributed by atoms with E-state index in [1.807, 2.05) is 13.8 Å². The van der Waals surface area contributed by atoms with Gasteiger partial charge in [0.25, 0.3) is 0 Å². The highest BCUT2D eigenvalue weighted by molar-refractivity contribution is 5.80. The van der Waals surface area contributed by atoms with Crippen molar-refractivity contribution >= 4 is 12.0 Å². The highest BCUT2D eigenvalue weighted by Gasteiger charge is 2.22. The number of carbonyl (C=O) groups is 2. The number of carboxylic acid groups (broad SMARTS) is 1. The number of amides is 2. The Morgan fingerprint density at radius 3 is 2.79 bits per heavy atom. The fraction of sp³-hybridized carbons (Fsp3) is 0.846. The number of rotatable bonds is 6. The van der Waals surface area contributed by atoms with E-state index in [4.69, 9.17) is 9.84 Å². The van der Waals surface area contributed by atoms with Gasteiger partial charge in [-0.3, -0.25) is 4.79 Å². The first kappa shape index (κ1) is 15.8. The van der Waals surface area contributed by atoms with E-state index in [9.17, 15) is 9.59 Å². The largest absolute Gasteiger partial charge is 0.480 e. The smallest absolute Gasteiger partial charge is 0.323 e. The Morgan fingerprint density at radius 1 is 1.53 bits per heavy atom. The molecular formula is C13H24N2O4. The van der Waals surface area contributed by atoms with Crippen molar-refractivity contribution in [1.82, 2.24) is 10.2 Å². The van der Waals surface area contributed by atoms with Crippen LogP contribution in [-0.2, 0) is 9.53 Å². The van der Waals surface area contributed by atoms with Crippen molar-refractivity contribution in [2.75, 3.05) is 26.3 Å². The molecule has 0 saturated carbocycles. The monoisotopic (exact) mass is 272 g/mol. The number of aliphatic carboxylic acids is 1. The molecule has 1 rings (SSSR count). The average Bonchev–Trinajstić information content (AvgIpc) is 2.42. The zero-order valence-corrected chi connectivity index (χ0v) is 11.7. The summed E-state index contributed by atoms with van der Waals surface area (Å²) >= 11 is 0. The van der Waals surface area contributed by atoms with Crippen molar-refractivity contribution in [1.29, 1.82) is 0 Å². The summed E-state index contributed by atoms with van der Waals surface area (Å²) in [5, 5.41) is 11.7. The molecule has 2 unspecified atom stereocenters. The maximum Gasteiger partial charge on any atom is 0.323 e. The number of ether oxygens (including phenoxy) is 1. The van der Waals surface area contributed by atoms with Gasteiger partial charge in [0.15, 0.2) is 0 Å². The van der Waals surface area contributed by atoms with Crippen molar-refractivity contribution < 1.29 is 19.4 Å². The minimum absolute atomic E-state index is 0.0845. The molecule has 1 saturated heterocycles. The summed E-state index contributed by atoms with van der Waals surface area (Å²) in [5.41, 5.74) is 0. The van der Waals surface area contributed by atoms with Crippen LogP contribution in [0.1, 0.15) is 33.1 Å². The molecule has 110 valence electrons. The molecule has 0 aliphatic carbocycles. The van der Waals surface area contributed by atoms with Crippen LogP contribution in [0.4, 0.5) is 4.79 Å². The maximum absolute atomic E-state index is 12.0. The Bertz CT molecular complexity index is 303. The predicted molar refractivity (Wildman–Crippen MR) is 71.0 cm³/mol. The van der Waals surface area contributed by atoms with Crippen LogP contribution in [0, 0.1) is 5.92 Å². The van der Waals surface area contributed by atoms with Gasteiger partial charge in [-0.1, -0.05) is 6.92 Å². The molecular weight excluding hydrogens is 248 g/mol. The van der Waals surface area contributed by atoms with Gasteiger partial charge in [-0.25, -0.2) is 4.79 Å².